The summed E-state index contributed by atoms with van der Waals surface area (Å²) in [5.41, 5.74) is 5.99. The first-order valence-electron chi connectivity index (χ1n) is 5.74. The van der Waals surface area contributed by atoms with Gasteiger partial charge in [0, 0.05) is 5.56 Å². The smallest absolute Gasteiger partial charge is 0.335 e. The molecule has 1 rings (SSSR count). The zero-order valence-corrected chi connectivity index (χ0v) is 11.4. The third kappa shape index (κ3) is 2.48. The van der Waals surface area contributed by atoms with Crippen molar-refractivity contribution < 1.29 is 19.1 Å². The van der Waals surface area contributed by atoms with Crippen molar-refractivity contribution in [3.63, 3.8) is 0 Å². The maximum atomic E-state index is 11.7. The zero-order valence-electron chi connectivity index (χ0n) is 10.5. The molecule has 100 valence electrons. The lowest BCUT2D eigenvalue weighted by atomic mass is 9.92. The molecular weight excluding hydrogens is 253 g/mol. The van der Waals surface area contributed by atoms with Gasteiger partial charge in [-0.1, -0.05) is 26.0 Å². The third-order valence-electron chi connectivity index (χ3n) is 3.43. The molecule has 5 nitrogen and oxygen atoms in total. The largest absolute Gasteiger partial charge is 0.366 e. The van der Waals surface area contributed by atoms with Crippen LogP contribution in [0.25, 0.3) is 0 Å². The second-order valence-corrected chi connectivity index (χ2v) is 6.17. The Morgan fingerprint density at radius 2 is 1.67 bits per heavy atom. The van der Waals surface area contributed by atoms with Crippen LogP contribution in [-0.4, -0.2) is 15.7 Å². The molecule has 0 saturated heterocycles. The Kier molecular flexibility index (Phi) is 4.32. The Bertz CT molecular complexity index is 473. The molecule has 0 aliphatic heterocycles. The van der Waals surface area contributed by atoms with E-state index < -0.39 is 18.7 Å². The molecule has 0 atom stereocenters. The molecule has 0 radical (unpaired) electrons. The van der Waals surface area contributed by atoms with Gasteiger partial charge in [-0.05, 0) is 30.5 Å². The molecule has 1 amide bonds. The molecule has 0 fully saturated rings. The minimum atomic E-state index is -4.28. The summed E-state index contributed by atoms with van der Waals surface area (Å²) in [6.45, 7) is 3.48. The Morgan fingerprint density at radius 1 is 1.22 bits per heavy atom. The summed E-state index contributed by atoms with van der Waals surface area (Å²) in [6.07, 6.45) is 0.646. The normalized spacial score (nSPS) is 12.4. The minimum absolute atomic E-state index is 0.323. The number of rotatable bonds is 5. The first-order valence-corrected chi connectivity index (χ1v) is 7.35. The fourth-order valence-corrected chi connectivity index (χ4v) is 3.49. The molecule has 0 aliphatic rings. The Balaban J connectivity index is 3.32. The van der Waals surface area contributed by atoms with E-state index in [1.165, 1.54) is 12.1 Å². The topological polar surface area (TPSA) is 101 Å². The molecule has 0 bridgehead atoms. The summed E-state index contributed by atoms with van der Waals surface area (Å²) in [7, 11) is -4.28. The summed E-state index contributed by atoms with van der Waals surface area (Å²) in [6, 6.07) is 6.11. The van der Waals surface area contributed by atoms with Crippen molar-refractivity contribution in [3.8, 4) is 0 Å². The molecule has 0 aromatic heterocycles. The van der Waals surface area contributed by atoms with Crippen LogP contribution in [0, 0.1) is 0 Å². The van der Waals surface area contributed by atoms with E-state index in [9.17, 15) is 19.1 Å². The highest BCUT2D eigenvalue weighted by Crippen LogP contribution is 2.60. The fourth-order valence-electron chi connectivity index (χ4n) is 2.18. The first-order chi connectivity index (χ1) is 8.28. The molecule has 0 heterocycles. The standard InChI is InChI=1S/C12H18NO4P/c1-3-12(4-2,18(15,16)17)10-7-5-9(6-8-10)11(13)14/h5-8H,3-4H2,1-2H3,(H2,13,14)(H2,15,16,17). The van der Waals surface area contributed by atoms with Crippen LogP contribution in [0.15, 0.2) is 24.3 Å². The van der Waals surface area contributed by atoms with Crippen molar-refractivity contribution in [2.24, 2.45) is 5.73 Å². The average Bonchev–Trinajstić information content (AvgIpc) is 2.30. The maximum Gasteiger partial charge on any atom is 0.335 e. The van der Waals surface area contributed by atoms with Gasteiger partial charge in [0.2, 0.25) is 5.91 Å². The van der Waals surface area contributed by atoms with E-state index in [0.29, 0.717) is 24.0 Å². The van der Waals surface area contributed by atoms with Gasteiger partial charge in [-0.25, -0.2) is 0 Å². The van der Waals surface area contributed by atoms with Gasteiger partial charge in [-0.2, -0.15) is 0 Å². The quantitative estimate of drug-likeness (QED) is 0.713. The van der Waals surface area contributed by atoms with Crippen molar-refractivity contribution in [3.05, 3.63) is 35.4 Å². The van der Waals surface area contributed by atoms with E-state index in [2.05, 4.69) is 0 Å². The van der Waals surface area contributed by atoms with Crippen LogP contribution in [0.3, 0.4) is 0 Å². The number of benzene rings is 1. The minimum Gasteiger partial charge on any atom is -0.366 e. The summed E-state index contributed by atoms with van der Waals surface area (Å²) in [4.78, 5) is 30.1. The lowest BCUT2D eigenvalue weighted by Gasteiger charge is -2.32. The van der Waals surface area contributed by atoms with Gasteiger partial charge in [-0.3, -0.25) is 9.36 Å². The van der Waals surface area contributed by atoms with Gasteiger partial charge in [-0.15, -0.1) is 0 Å². The summed E-state index contributed by atoms with van der Waals surface area (Å²) < 4.78 is 11.7. The molecule has 0 spiro atoms. The van der Waals surface area contributed by atoms with Crippen LogP contribution in [-0.2, 0) is 9.72 Å². The summed E-state index contributed by atoms with van der Waals surface area (Å²) in [5, 5.41) is -1.19. The lowest BCUT2D eigenvalue weighted by molar-refractivity contribution is 0.1000. The number of amides is 1. The second kappa shape index (κ2) is 5.22. The third-order valence-corrected chi connectivity index (χ3v) is 5.44. The molecule has 1 aromatic rings. The highest BCUT2D eigenvalue weighted by molar-refractivity contribution is 7.53. The fraction of sp³-hybridized carbons (Fsp3) is 0.417. The van der Waals surface area contributed by atoms with Crippen LogP contribution in [0.1, 0.15) is 42.6 Å². The lowest BCUT2D eigenvalue weighted by Crippen LogP contribution is -2.24. The number of carbonyl (C=O) groups excluding carboxylic acids is 1. The molecular formula is C12H18NO4P. The van der Waals surface area contributed by atoms with Crippen LogP contribution >= 0.6 is 7.60 Å². The maximum absolute atomic E-state index is 11.7. The number of carbonyl (C=O) groups is 1. The van der Waals surface area contributed by atoms with Gasteiger partial charge in [0.1, 0.15) is 0 Å². The number of primary amides is 1. The van der Waals surface area contributed by atoms with Crippen LogP contribution in [0.5, 0.6) is 0 Å². The summed E-state index contributed by atoms with van der Waals surface area (Å²) >= 11 is 0. The van der Waals surface area contributed by atoms with Crippen LogP contribution < -0.4 is 5.73 Å². The van der Waals surface area contributed by atoms with Gasteiger partial charge in [0.25, 0.3) is 0 Å². The van der Waals surface area contributed by atoms with Crippen molar-refractivity contribution in [1.29, 1.82) is 0 Å². The molecule has 0 saturated carbocycles. The molecule has 6 heteroatoms. The Hall–Kier alpha value is -1.16. The monoisotopic (exact) mass is 271 g/mol. The number of nitrogens with two attached hydrogens (primary N) is 1. The zero-order chi connectivity index (χ0) is 14.0. The molecule has 1 aromatic carbocycles. The molecule has 18 heavy (non-hydrogen) atoms. The van der Waals surface area contributed by atoms with Gasteiger partial charge < -0.3 is 15.5 Å². The van der Waals surface area contributed by atoms with Gasteiger partial charge >= 0.3 is 7.60 Å². The summed E-state index contributed by atoms with van der Waals surface area (Å²) in [5.74, 6) is -0.559. The van der Waals surface area contributed by atoms with E-state index in [1.807, 2.05) is 0 Å². The van der Waals surface area contributed by atoms with Crippen molar-refractivity contribution in [2.75, 3.05) is 0 Å². The average molecular weight is 271 g/mol. The predicted molar refractivity (Wildman–Crippen MR) is 69.3 cm³/mol. The molecule has 0 aliphatic carbocycles. The highest BCUT2D eigenvalue weighted by atomic mass is 31.2. The Labute approximate surface area is 106 Å². The van der Waals surface area contributed by atoms with E-state index in [4.69, 9.17) is 5.73 Å². The second-order valence-electron chi connectivity index (χ2n) is 4.22. The molecule has 0 unspecified atom stereocenters. The number of hydrogen-bond donors (Lipinski definition) is 3. The van der Waals surface area contributed by atoms with Crippen molar-refractivity contribution in [2.45, 2.75) is 31.8 Å². The number of hydrogen-bond acceptors (Lipinski definition) is 2. The van der Waals surface area contributed by atoms with E-state index in [0.717, 1.165) is 0 Å². The van der Waals surface area contributed by atoms with E-state index in [-0.39, 0.29) is 0 Å². The predicted octanol–water partition coefficient (Wildman–Crippen LogP) is 1.98. The molecule has 4 N–H and O–H groups in total. The van der Waals surface area contributed by atoms with Gasteiger partial charge in [0.15, 0.2) is 0 Å². The van der Waals surface area contributed by atoms with Crippen molar-refractivity contribution in [1.82, 2.24) is 0 Å². The SMILES string of the molecule is CCC(CC)(c1ccc(C(N)=O)cc1)P(=O)(O)O. The first kappa shape index (κ1) is 14.9. The Morgan fingerprint density at radius 3 is 1.94 bits per heavy atom. The van der Waals surface area contributed by atoms with Gasteiger partial charge in [0.05, 0.1) is 5.16 Å². The van der Waals surface area contributed by atoms with Crippen LogP contribution in [0.4, 0.5) is 0 Å². The van der Waals surface area contributed by atoms with Crippen LogP contribution in [0.2, 0.25) is 0 Å². The van der Waals surface area contributed by atoms with Crippen molar-refractivity contribution >= 4 is 13.5 Å². The van der Waals surface area contributed by atoms with E-state index in [1.54, 1.807) is 26.0 Å². The highest BCUT2D eigenvalue weighted by Gasteiger charge is 2.45. The van der Waals surface area contributed by atoms with E-state index >= 15 is 0 Å².